The summed E-state index contributed by atoms with van der Waals surface area (Å²) in [6, 6.07) is 3.84. The van der Waals surface area contributed by atoms with Crippen molar-refractivity contribution in [2.75, 3.05) is 14.2 Å². The summed E-state index contributed by atoms with van der Waals surface area (Å²) in [7, 11) is 3.14. The summed E-state index contributed by atoms with van der Waals surface area (Å²) in [5, 5.41) is 8.50. The van der Waals surface area contributed by atoms with Crippen molar-refractivity contribution in [1.82, 2.24) is 4.98 Å². The summed E-state index contributed by atoms with van der Waals surface area (Å²) < 4.78 is 10.2. The van der Waals surface area contributed by atoms with Crippen LogP contribution in [0, 0.1) is 11.3 Å². The topological polar surface area (TPSA) is 55.1 Å². The van der Waals surface area contributed by atoms with Gasteiger partial charge in [0.1, 0.15) is 5.75 Å². The van der Waals surface area contributed by atoms with E-state index in [-0.39, 0.29) is 0 Å². The van der Waals surface area contributed by atoms with Gasteiger partial charge >= 0.3 is 0 Å². The van der Waals surface area contributed by atoms with Gasteiger partial charge in [0.05, 0.1) is 25.9 Å². The van der Waals surface area contributed by atoms with Gasteiger partial charge in [-0.05, 0) is 12.5 Å². The summed E-state index contributed by atoms with van der Waals surface area (Å²) in [6.45, 7) is 0. The van der Waals surface area contributed by atoms with Crippen molar-refractivity contribution in [3.63, 3.8) is 0 Å². The highest BCUT2D eigenvalue weighted by molar-refractivity contribution is 5.40. The quantitative estimate of drug-likeness (QED) is 0.726. The number of aromatic nitrogens is 1. The van der Waals surface area contributed by atoms with Crippen LogP contribution in [0.1, 0.15) is 12.0 Å². The molecule has 14 heavy (non-hydrogen) atoms. The van der Waals surface area contributed by atoms with Gasteiger partial charge in [0.2, 0.25) is 5.88 Å². The molecule has 74 valence electrons. The Hall–Kier alpha value is -1.76. The maximum atomic E-state index is 8.50. The van der Waals surface area contributed by atoms with Crippen LogP contribution in [-0.4, -0.2) is 19.2 Å². The number of rotatable bonds is 4. The van der Waals surface area contributed by atoms with Gasteiger partial charge in [0, 0.05) is 12.6 Å². The number of methoxy groups -OCH3 is 2. The molecule has 0 aliphatic carbocycles. The summed E-state index contributed by atoms with van der Waals surface area (Å²) in [5.74, 6) is 1.24. The Labute approximate surface area is 83.1 Å². The highest BCUT2D eigenvalue weighted by Crippen LogP contribution is 2.26. The second kappa shape index (κ2) is 5.07. The van der Waals surface area contributed by atoms with Crippen LogP contribution in [0.25, 0.3) is 0 Å². The Morgan fingerprint density at radius 3 is 2.79 bits per heavy atom. The average molecular weight is 192 g/mol. The van der Waals surface area contributed by atoms with E-state index in [1.807, 2.05) is 0 Å². The van der Waals surface area contributed by atoms with E-state index in [1.165, 1.54) is 0 Å². The molecule has 1 aromatic heterocycles. The Bertz CT molecular complexity index is 322. The molecular formula is C10H12N2O2. The van der Waals surface area contributed by atoms with Gasteiger partial charge in [0.25, 0.3) is 0 Å². The van der Waals surface area contributed by atoms with Gasteiger partial charge in [-0.3, -0.25) is 0 Å². The molecule has 4 nitrogen and oxygen atoms in total. The normalized spacial score (nSPS) is 9.21. The molecule has 0 amide bonds. The average Bonchev–Trinajstić information content (AvgIpc) is 2.25. The molecule has 0 saturated carbocycles. The summed E-state index contributed by atoms with van der Waals surface area (Å²) in [4.78, 5) is 4.05. The van der Waals surface area contributed by atoms with Crippen molar-refractivity contribution in [3.8, 4) is 17.7 Å². The Morgan fingerprint density at radius 1 is 1.43 bits per heavy atom. The van der Waals surface area contributed by atoms with E-state index < -0.39 is 0 Å². The van der Waals surface area contributed by atoms with E-state index in [4.69, 9.17) is 14.7 Å². The minimum atomic E-state index is 0.429. The van der Waals surface area contributed by atoms with Crippen LogP contribution in [0.2, 0.25) is 0 Å². The van der Waals surface area contributed by atoms with Gasteiger partial charge in [-0.15, -0.1) is 0 Å². The fraction of sp³-hybridized carbons (Fsp3) is 0.400. The van der Waals surface area contributed by atoms with Crippen LogP contribution in [0.5, 0.6) is 11.6 Å². The van der Waals surface area contributed by atoms with Crippen LogP contribution in [0.4, 0.5) is 0 Å². The lowest BCUT2D eigenvalue weighted by Crippen LogP contribution is -1.98. The molecule has 0 unspecified atom stereocenters. The monoisotopic (exact) mass is 192 g/mol. The van der Waals surface area contributed by atoms with Gasteiger partial charge in [-0.25, -0.2) is 4.98 Å². The molecule has 1 rings (SSSR count). The molecule has 0 aliphatic heterocycles. The molecule has 1 heterocycles. The standard InChI is InChI=1S/C10H12N2O2/c1-13-9-5-7-12-10(14-2)8(9)4-3-6-11/h5,7H,3-4H2,1-2H3. The largest absolute Gasteiger partial charge is 0.496 e. The smallest absolute Gasteiger partial charge is 0.220 e. The summed E-state index contributed by atoms with van der Waals surface area (Å²) in [6.07, 6.45) is 2.64. The first kappa shape index (κ1) is 10.3. The van der Waals surface area contributed by atoms with Crippen LogP contribution in [0.15, 0.2) is 12.3 Å². The molecule has 0 spiro atoms. The summed E-state index contributed by atoms with van der Waals surface area (Å²) >= 11 is 0. The van der Waals surface area contributed by atoms with Crippen molar-refractivity contribution in [1.29, 1.82) is 5.26 Å². The number of ether oxygens (including phenoxy) is 2. The molecule has 0 N–H and O–H groups in total. The van der Waals surface area contributed by atoms with Crippen molar-refractivity contribution >= 4 is 0 Å². The van der Waals surface area contributed by atoms with Crippen LogP contribution < -0.4 is 9.47 Å². The number of nitriles is 1. The molecule has 0 atom stereocenters. The highest BCUT2D eigenvalue weighted by atomic mass is 16.5. The third-order valence-corrected chi connectivity index (χ3v) is 1.87. The van der Waals surface area contributed by atoms with E-state index in [9.17, 15) is 0 Å². The molecule has 0 fully saturated rings. The van der Waals surface area contributed by atoms with E-state index in [0.29, 0.717) is 24.5 Å². The van der Waals surface area contributed by atoms with Gasteiger partial charge in [0.15, 0.2) is 0 Å². The maximum absolute atomic E-state index is 8.50. The molecular weight excluding hydrogens is 180 g/mol. The number of hydrogen-bond donors (Lipinski definition) is 0. The molecule has 0 aromatic carbocycles. The molecule has 4 heteroatoms. The van der Waals surface area contributed by atoms with Crippen molar-refractivity contribution in [2.24, 2.45) is 0 Å². The molecule has 0 radical (unpaired) electrons. The van der Waals surface area contributed by atoms with Crippen LogP contribution in [-0.2, 0) is 6.42 Å². The lowest BCUT2D eigenvalue weighted by molar-refractivity contribution is 0.373. The minimum Gasteiger partial charge on any atom is -0.496 e. The summed E-state index contributed by atoms with van der Waals surface area (Å²) in [5.41, 5.74) is 0.846. The Kier molecular flexibility index (Phi) is 3.74. The molecule has 1 aromatic rings. The molecule has 0 aliphatic rings. The second-order valence-electron chi connectivity index (χ2n) is 2.66. The Morgan fingerprint density at radius 2 is 2.21 bits per heavy atom. The van der Waals surface area contributed by atoms with Gasteiger partial charge in [-0.1, -0.05) is 0 Å². The van der Waals surface area contributed by atoms with E-state index in [1.54, 1.807) is 26.5 Å². The predicted molar refractivity (Wildman–Crippen MR) is 51.3 cm³/mol. The highest BCUT2D eigenvalue weighted by Gasteiger charge is 2.09. The maximum Gasteiger partial charge on any atom is 0.220 e. The lowest BCUT2D eigenvalue weighted by Gasteiger charge is -2.09. The lowest BCUT2D eigenvalue weighted by atomic mass is 10.1. The minimum absolute atomic E-state index is 0.429. The van der Waals surface area contributed by atoms with E-state index in [2.05, 4.69) is 11.1 Å². The van der Waals surface area contributed by atoms with Gasteiger partial charge in [-0.2, -0.15) is 5.26 Å². The molecule has 0 bridgehead atoms. The molecule has 0 saturated heterocycles. The first-order chi connectivity index (χ1) is 6.83. The van der Waals surface area contributed by atoms with Crippen LogP contribution >= 0.6 is 0 Å². The fourth-order valence-electron chi connectivity index (χ4n) is 1.23. The zero-order valence-corrected chi connectivity index (χ0v) is 8.28. The van der Waals surface area contributed by atoms with Crippen LogP contribution in [0.3, 0.4) is 0 Å². The predicted octanol–water partition coefficient (Wildman–Crippen LogP) is 1.55. The fourth-order valence-corrected chi connectivity index (χ4v) is 1.23. The van der Waals surface area contributed by atoms with Gasteiger partial charge < -0.3 is 9.47 Å². The van der Waals surface area contributed by atoms with Crippen molar-refractivity contribution < 1.29 is 9.47 Å². The third-order valence-electron chi connectivity index (χ3n) is 1.87. The van der Waals surface area contributed by atoms with Crippen molar-refractivity contribution in [3.05, 3.63) is 17.8 Å². The first-order valence-electron chi connectivity index (χ1n) is 4.26. The van der Waals surface area contributed by atoms with E-state index in [0.717, 1.165) is 5.56 Å². The number of nitrogens with zero attached hydrogens (tertiary/aromatic N) is 2. The Balaban J connectivity index is 3.00. The SMILES string of the molecule is COc1ccnc(OC)c1CCC#N. The van der Waals surface area contributed by atoms with Crippen molar-refractivity contribution in [2.45, 2.75) is 12.8 Å². The third kappa shape index (κ3) is 2.13. The second-order valence-corrected chi connectivity index (χ2v) is 2.66. The number of hydrogen-bond acceptors (Lipinski definition) is 4. The van der Waals surface area contributed by atoms with E-state index >= 15 is 0 Å². The number of pyridine rings is 1. The zero-order valence-electron chi connectivity index (χ0n) is 8.28. The zero-order chi connectivity index (χ0) is 10.4. The first-order valence-corrected chi connectivity index (χ1v) is 4.26.